The lowest BCUT2D eigenvalue weighted by molar-refractivity contribution is -0.137. The van der Waals surface area contributed by atoms with Crippen molar-refractivity contribution in [2.75, 3.05) is 52.2 Å². The SMILES string of the molecule is CCN(CCCNC(C)C(=O)N1CCOCC1)S(C)(=O)=O. The maximum absolute atomic E-state index is 12.1. The van der Waals surface area contributed by atoms with Gasteiger partial charge < -0.3 is 15.0 Å². The number of hydrogen-bond acceptors (Lipinski definition) is 5. The Hall–Kier alpha value is -0.700. The molecule has 1 rings (SSSR count). The Labute approximate surface area is 127 Å². The maximum Gasteiger partial charge on any atom is 0.239 e. The number of carbonyl (C=O) groups excluding carboxylic acids is 1. The van der Waals surface area contributed by atoms with Crippen LogP contribution in [0.2, 0.25) is 0 Å². The van der Waals surface area contributed by atoms with Gasteiger partial charge in [-0.3, -0.25) is 4.79 Å². The molecule has 0 saturated carbocycles. The quantitative estimate of drug-likeness (QED) is 0.610. The molecule has 8 heteroatoms. The Balaban J connectivity index is 2.26. The molecule has 0 aromatic carbocycles. The van der Waals surface area contributed by atoms with Crippen molar-refractivity contribution in [1.29, 1.82) is 0 Å². The van der Waals surface area contributed by atoms with Crippen LogP contribution in [-0.4, -0.2) is 81.8 Å². The topological polar surface area (TPSA) is 79.0 Å². The standard InChI is InChI=1S/C13H27N3O4S/c1-4-16(21(3,18)19)7-5-6-14-12(2)13(17)15-8-10-20-11-9-15/h12,14H,4-11H2,1-3H3. The van der Waals surface area contributed by atoms with Gasteiger partial charge in [0.1, 0.15) is 0 Å². The molecule has 0 aliphatic carbocycles. The monoisotopic (exact) mass is 321 g/mol. The van der Waals surface area contributed by atoms with Crippen LogP contribution >= 0.6 is 0 Å². The summed E-state index contributed by atoms with van der Waals surface area (Å²) in [5, 5.41) is 3.16. The minimum absolute atomic E-state index is 0.0776. The molecular formula is C13H27N3O4S. The minimum Gasteiger partial charge on any atom is -0.378 e. The number of nitrogens with zero attached hydrogens (tertiary/aromatic N) is 2. The predicted octanol–water partition coefficient (Wildman–Crippen LogP) is -0.505. The summed E-state index contributed by atoms with van der Waals surface area (Å²) < 4.78 is 29.5. The van der Waals surface area contributed by atoms with E-state index in [9.17, 15) is 13.2 Å². The Morgan fingerprint density at radius 1 is 1.38 bits per heavy atom. The molecule has 1 aliphatic heterocycles. The number of amides is 1. The van der Waals surface area contributed by atoms with Crippen molar-refractivity contribution in [2.24, 2.45) is 0 Å². The lowest BCUT2D eigenvalue weighted by atomic mass is 10.2. The lowest BCUT2D eigenvalue weighted by Crippen LogP contribution is -2.49. The average Bonchev–Trinajstić information content (AvgIpc) is 2.45. The summed E-state index contributed by atoms with van der Waals surface area (Å²) >= 11 is 0. The van der Waals surface area contributed by atoms with Crippen LogP contribution in [0.4, 0.5) is 0 Å². The molecule has 21 heavy (non-hydrogen) atoms. The molecule has 1 unspecified atom stereocenters. The average molecular weight is 321 g/mol. The van der Waals surface area contributed by atoms with Gasteiger partial charge in [-0.25, -0.2) is 12.7 Å². The molecule has 0 aromatic rings. The third-order valence-corrected chi connectivity index (χ3v) is 4.93. The molecule has 0 bridgehead atoms. The Kier molecular flexibility index (Phi) is 7.58. The number of carbonyl (C=O) groups is 1. The van der Waals surface area contributed by atoms with E-state index in [0.29, 0.717) is 52.4 Å². The van der Waals surface area contributed by atoms with Gasteiger partial charge in [-0.2, -0.15) is 0 Å². The van der Waals surface area contributed by atoms with Crippen molar-refractivity contribution in [3.63, 3.8) is 0 Å². The number of sulfonamides is 1. The highest BCUT2D eigenvalue weighted by molar-refractivity contribution is 7.88. The van der Waals surface area contributed by atoms with Gasteiger partial charge in [0, 0.05) is 26.2 Å². The van der Waals surface area contributed by atoms with Crippen molar-refractivity contribution in [2.45, 2.75) is 26.3 Å². The van der Waals surface area contributed by atoms with E-state index in [2.05, 4.69) is 5.32 Å². The van der Waals surface area contributed by atoms with E-state index in [1.54, 1.807) is 4.90 Å². The Bertz CT molecular complexity index is 421. The van der Waals surface area contributed by atoms with Gasteiger partial charge in [0.25, 0.3) is 0 Å². The highest BCUT2D eigenvalue weighted by atomic mass is 32.2. The molecule has 1 N–H and O–H groups in total. The number of hydrogen-bond donors (Lipinski definition) is 1. The summed E-state index contributed by atoms with van der Waals surface area (Å²) in [4.78, 5) is 13.9. The van der Waals surface area contributed by atoms with Gasteiger partial charge >= 0.3 is 0 Å². The van der Waals surface area contributed by atoms with E-state index in [-0.39, 0.29) is 11.9 Å². The molecule has 1 fully saturated rings. The first-order valence-electron chi connectivity index (χ1n) is 7.41. The minimum atomic E-state index is -3.13. The number of nitrogens with one attached hydrogen (secondary N) is 1. The van der Waals surface area contributed by atoms with Crippen LogP contribution < -0.4 is 5.32 Å². The van der Waals surface area contributed by atoms with Crippen LogP contribution in [-0.2, 0) is 19.6 Å². The fourth-order valence-corrected chi connectivity index (χ4v) is 3.21. The van der Waals surface area contributed by atoms with Gasteiger partial charge in [-0.05, 0) is 19.9 Å². The van der Waals surface area contributed by atoms with Gasteiger partial charge in [0.15, 0.2) is 0 Å². The van der Waals surface area contributed by atoms with E-state index < -0.39 is 10.0 Å². The second kappa shape index (κ2) is 8.67. The second-order valence-electron chi connectivity index (χ2n) is 5.22. The Morgan fingerprint density at radius 3 is 2.52 bits per heavy atom. The summed E-state index contributed by atoms with van der Waals surface area (Å²) in [5.41, 5.74) is 0. The molecule has 1 amide bonds. The molecule has 0 spiro atoms. The van der Waals surface area contributed by atoms with Crippen LogP contribution in [0.25, 0.3) is 0 Å². The fraction of sp³-hybridized carbons (Fsp3) is 0.923. The summed E-state index contributed by atoms with van der Waals surface area (Å²) in [6, 6.07) is -0.253. The smallest absolute Gasteiger partial charge is 0.239 e. The van der Waals surface area contributed by atoms with Crippen LogP contribution in [0.1, 0.15) is 20.3 Å². The summed E-state index contributed by atoms with van der Waals surface area (Å²) in [6.07, 6.45) is 1.90. The molecule has 124 valence electrons. The van der Waals surface area contributed by atoms with Crippen molar-refractivity contribution in [1.82, 2.24) is 14.5 Å². The van der Waals surface area contributed by atoms with E-state index in [1.165, 1.54) is 10.6 Å². The van der Waals surface area contributed by atoms with Gasteiger partial charge in [0.2, 0.25) is 15.9 Å². The van der Waals surface area contributed by atoms with Crippen molar-refractivity contribution < 1.29 is 17.9 Å². The van der Waals surface area contributed by atoms with E-state index in [4.69, 9.17) is 4.74 Å². The van der Waals surface area contributed by atoms with E-state index in [0.717, 1.165) is 0 Å². The number of rotatable bonds is 8. The number of morpholine rings is 1. The normalized spacial score (nSPS) is 18.0. The molecule has 0 aromatic heterocycles. The van der Waals surface area contributed by atoms with Crippen molar-refractivity contribution in [3.8, 4) is 0 Å². The highest BCUT2D eigenvalue weighted by Crippen LogP contribution is 2.02. The molecule has 0 radical (unpaired) electrons. The number of ether oxygens (including phenoxy) is 1. The lowest BCUT2D eigenvalue weighted by Gasteiger charge is -2.29. The first-order valence-corrected chi connectivity index (χ1v) is 9.26. The van der Waals surface area contributed by atoms with Crippen LogP contribution in [0.15, 0.2) is 0 Å². The van der Waals surface area contributed by atoms with Crippen LogP contribution in [0.3, 0.4) is 0 Å². The van der Waals surface area contributed by atoms with Crippen LogP contribution in [0.5, 0.6) is 0 Å². The molecular weight excluding hydrogens is 294 g/mol. The van der Waals surface area contributed by atoms with E-state index >= 15 is 0 Å². The maximum atomic E-state index is 12.1. The molecule has 1 saturated heterocycles. The van der Waals surface area contributed by atoms with Crippen molar-refractivity contribution >= 4 is 15.9 Å². The van der Waals surface area contributed by atoms with E-state index in [1.807, 2.05) is 13.8 Å². The van der Waals surface area contributed by atoms with Crippen LogP contribution in [0, 0.1) is 0 Å². The highest BCUT2D eigenvalue weighted by Gasteiger charge is 2.22. The predicted molar refractivity (Wildman–Crippen MR) is 81.6 cm³/mol. The molecule has 1 aliphatic rings. The Morgan fingerprint density at radius 2 is 2.00 bits per heavy atom. The second-order valence-corrected chi connectivity index (χ2v) is 7.20. The van der Waals surface area contributed by atoms with Gasteiger partial charge in [0.05, 0.1) is 25.5 Å². The molecule has 1 atom stereocenters. The van der Waals surface area contributed by atoms with Crippen molar-refractivity contribution in [3.05, 3.63) is 0 Å². The fourth-order valence-electron chi connectivity index (χ4n) is 2.28. The summed E-state index contributed by atoms with van der Waals surface area (Å²) in [7, 11) is -3.13. The zero-order chi connectivity index (χ0) is 15.9. The first-order chi connectivity index (χ1) is 9.86. The zero-order valence-corrected chi connectivity index (χ0v) is 14.0. The molecule has 7 nitrogen and oxygen atoms in total. The third kappa shape index (κ3) is 6.29. The van der Waals surface area contributed by atoms with Gasteiger partial charge in [-0.15, -0.1) is 0 Å². The van der Waals surface area contributed by atoms with Gasteiger partial charge in [-0.1, -0.05) is 6.92 Å². The summed E-state index contributed by atoms with van der Waals surface area (Å²) in [6.45, 7) is 7.69. The largest absolute Gasteiger partial charge is 0.378 e. The molecule has 1 heterocycles. The first kappa shape index (κ1) is 18.3. The third-order valence-electron chi connectivity index (χ3n) is 3.55. The summed E-state index contributed by atoms with van der Waals surface area (Å²) in [5.74, 6) is 0.0776. The zero-order valence-electron chi connectivity index (χ0n) is 13.2.